The van der Waals surface area contributed by atoms with Crippen LogP contribution < -0.4 is 0 Å². The number of hydrogen-bond donors (Lipinski definition) is 1. The summed E-state index contributed by atoms with van der Waals surface area (Å²) in [6.07, 6.45) is 4.44. The number of ketones is 1. The number of pyridine rings is 1. The lowest BCUT2D eigenvalue weighted by molar-refractivity contribution is 0.0475. The zero-order chi connectivity index (χ0) is 27.5. The van der Waals surface area contributed by atoms with E-state index in [1.165, 1.54) is 0 Å². The third-order valence-corrected chi connectivity index (χ3v) is 7.26. The van der Waals surface area contributed by atoms with Crippen LogP contribution in [0.15, 0.2) is 103 Å². The second-order valence-corrected chi connectivity index (χ2v) is 9.89. The van der Waals surface area contributed by atoms with Gasteiger partial charge in [-0.15, -0.1) is 0 Å². The highest BCUT2D eigenvalue weighted by atomic mass is 16.5. The Bertz CT molecular complexity index is 1740. The molecule has 0 fully saturated rings. The molecule has 0 atom stereocenters. The lowest BCUT2D eigenvalue weighted by atomic mass is 9.86. The number of esters is 1. The van der Waals surface area contributed by atoms with Gasteiger partial charge in [0.05, 0.1) is 16.8 Å². The number of hydrogen-bond acceptors (Lipinski definition) is 5. The van der Waals surface area contributed by atoms with E-state index in [2.05, 4.69) is 6.08 Å². The average molecular weight is 526 g/mol. The van der Waals surface area contributed by atoms with Crippen LogP contribution in [-0.4, -0.2) is 28.4 Å². The van der Waals surface area contributed by atoms with Crippen molar-refractivity contribution < 1.29 is 19.4 Å². The number of aromatic nitrogens is 1. The molecule has 1 aliphatic rings. The van der Waals surface area contributed by atoms with Gasteiger partial charge in [-0.05, 0) is 71.4 Å². The maximum Gasteiger partial charge on any atom is 0.339 e. The maximum absolute atomic E-state index is 13.6. The second kappa shape index (κ2) is 11.0. The van der Waals surface area contributed by atoms with Crippen LogP contribution >= 0.6 is 0 Å². The predicted octanol–water partition coefficient (Wildman–Crippen LogP) is 7.52. The topological polar surface area (TPSA) is 76.5 Å². The highest BCUT2D eigenvalue weighted by molar-refractivity contribution is 6.08. The molecule has 1 aliphatic carbocycles. The summed E-state index contributed by atoms with van der Waals surface area (Å²) >= 11 is 0. The van der Waals surface area contributed by atoms with Crippen molar-refractivity contribution in [3.8, 4) is 16.9 Å². The molecule has 0 unspecified atom stereocenters. The van der Waals surface area contributed by atoms with Crippen molar-refractivity contribution >= 4 is 34.3 Å². The second-order valence-electron chi connectivity index (χ2n) is 9.89. The van der Waals surface area contributed by atoms with Crippen LogP contribution in [0.4, 0.5) is 0 Å². The Kier molecular flexibility index (Phi) is 6.94. The van der Waals surface area contributed by atoms with E-state index in [-0.39, 0.29) is 18.1 Å². The van der Waals surface area contributed by atoms with Crippen LogP contribution in [0.2, 0.25) is 0 Å². The third-order valence-electron chi connectivity index (χ3n) is 7.26. The first-order valence-electron chi connectivity index (χ1n) is 13.3. The molecule has 0 saturated heterocycles. The number of fused-ring (bicyclic) bond motifs is 2. The number of aromatic hydroxyl groups is 1. The Morgan fingerprint density at radius 2 is 1.50 bits per heavy atom. The van der Waals surface area contributed by atoms with Crippen molar-refractivity contribution in [3.63, 3.8) is 0 Å². The third kappa shape index (κ3) is 5.14. The van der Waals surface area contributed by atoms with Crippen molar-refractivity contribution in [2.75, 3.05) is 6.61 Å². The summed E-state index contributed by atoms with van der Waals surface area (Å²) in [5.74, 6) is -0.565. The molecule has 0 aliphatic heterocycles. The molecule has 5 aromatic rings. The van der Waals surface area contributed by atoms with E-state index in [9.17, 15) is 14.7 Å². The van der Waals surface area contributed by atoms with E-state index in [4.69, 9.17) is 9.72 Å². The summed E-state index contributed by atoms with van der Waals surface area (Å²) < 4.78 is 5.64. The van der Waals surface area contributed by atoms with Gasteiger partial charge in [0, 0.05) is 10.9 Å². The monoisotopic (exact) mass is 525 g/mol. The van der Waals surface area contributed by atoms with Crippen LogP contribution in [0.1, 0.15) is 50.4 Å². The molecule has 1 aromatic heterocycles. The lowest BCUT2D eigenvalue weighted by Gasteiger charge is -2.22. The summed E-state index contributed by atoms with van der Waals surface area (Å²) in [5.41, 5.74) is 7.37. The number of nitrogens with zero attached hydrogens (tertiary/aromatic N) is 1. The Morgan fingerprint density at radius 1 is 0.800 bits per heavy atom. The summed E-state index contributed by atoms with van der Waals surface area (Å²) in [6.45, 7) is -0.342. The van der Waals surface area contributed by atoms with E-state index in [0.717, 1.165) is 51.7 Å². The van der Waals surface area contributed by atoms with Gasteiger partial charge in [-0.3, -0.25) is 4.79 Å². The van der Waals surface area contributed by atoms with E-state index in [0.29, 0.717) is 23.1 Å². The Balaban J connectivity index is 1.28. The molecule has 0 radical (unpaired) electrons. The summed E-state index contributed by atoms with van der Waals surface area (Å²) in [6, 6.07) is 31.8. The Hall–Kier alpha value is -5.03. The van der Waals surface area contributed by atoms with Gasteiger partial charge in [0.2, 0.25) is 0 Å². The SMILES string of the molecule is O=C(COC(=O)c1c2c(nc3ccccc13)/C(=C/c1ccc(O)cc1)CCC2)c1ccc(-c2ccccc2)cc1. The molecule has 4 aromatic carbocycles. The molecule has 40 heavy (non-hydrogen) atoms. The van der Waals surface area contributed by atoms with Crippen LogP contribution in [0.25, 0.3) is 33.7 Å². The number of benzene rings is 4. The van der Waals surface area contributed by atoms with Gasteiger partial charge in [0.25, 0.3) is 0 Å². The largest absolute Gasteiger partial charge is 0.508 e. The molecular weight excluding hydrogens is 498 g/mol. The number of ether oxygens (including phenoxy) is 1. The van der Waals surface area contributed by atoms with E-state index < -0.39 is 5.97 Å². The fourth-order valence-electron chi connectivity index (χ4n) is 5.25. The number of Topliss-reactive ketones (excluding diaryl/α,β-unsaturated/α-hetero) is 1. The zero-order valence-electron chi connectivity index (χ0n) is 21.8. The van der Waals surface area contributed by atoms with Crippen molar-refractivity contribution in [1.29, 1.82) is 0 Å². The molecule has 1 N–H and O–H groups in total. The quantitative estimate of drug-likeness (QED) is 0.183. The Labute approximate surface area is 232 Å². The van der Waals surface area contributed by atoms with Gasteiger partial charge < -0.3 is 9.84 Å². The predicted molar refractivity (Wildman–Crippen MR) is 157 cm³/mol. The van der Waals surface area contributed by atoms with Crippen molar-refractivity contribution in [2.45, 2.75) is 19.3 Å². The number of allylic oxidation sites excluding steroid dienone is 1. The highest BCUT2D eigenvalue weighted by Crippen LogP contribution is 2.36. The van der Waals surface area contributed by atoms with E-state index in [1.807, 2.05) is 78.9 Å². The number of carbonyl (C=O) groups is 2. The Morgan fingerprint density at radius 3 is 2.27 bits per heavy atom. The van der Waals surface area contributed by atoms with Gasteiger partial charge in [0.1, 0.15) is 5.75 Å². The molecule has 5 nitrogen and oxygen atoms in total. The lowest BCUT2D eigenvalue weighted by Crippen LogP contribution is -2.18. The minimum atomic E-state index is -0.519. The van der Waals surface area contributed by atoms with Crippen LogP contribution in [0.3, 0.4) is 0 Å². The molecule has 1 heterocycles. The minimum absolute atomic E-state index is 0.210. The van der Waals surface area contributed by atoms with Gasteiger partial charge in [-0.25, -0.2) is 9.78 Å². The first-order chi connectivity index (χ1) is 19.6. The van der Waals surface area contributed by atoms with Crippen LogP contribution in [-0.2, 0) is 11.2 Å². The van der Waals surface area contributed by atoms with E-state index >= 15 is 0 Å². The van der Waals surface area contributed by atoms with Gasteiger partial charge in [0.15, 0.2) is 12.4 Å². The summed E-state index contributed by atoms with van der Waals surface area (Å²) in [7, 11) is 0. The zero-order valence-corrected chi connectivity index (χ0v) is 21.8. The standard InChI is InChI=1S/C35H27NO4/c37-28-19-13-23(14-20-28)21-27-9-6-11-30-33(29-10-4-5-12-31(29)36-34(27)30)35(39)40-22-32(38)26-17-15-25(16-18-26)24-7-2-1-3-8-24/h1-5,7-8,10,12-21,37H,6,9,11,22H2/b27-21+. The molecule has 6 rings (SSSR count). The van der Waals surface area contributed by atoms with Crippen molar-refractivity contribution in [1.82, 2.24) is 4.98 Å². The molecule has 5 heteroatoms. The highest BCUT2D eigenvalue weighted by Gasteiger charge is 2.26. The summed E-state index contributed by atoms with van der Waals surface area (Å²) in [4.78, 5) is 31.4. The molecular formula is C35H27NO4. The molecule has 0 saturated carbocycles. The van der Waals surface area contributed by atoms with Gasteiger partial charge in [-0.2, -0.15) is 0 Å². The summed E-state index contributed by atoms with van der Waals surface area (Å²) in [5, 5.41) is 10.4. The van der Waals surface area contributed by atoms with Gasteiger partial charge >= 0.3 is 5.97 Å². The van der Waals surface area contributed by atoms with Crippen LogP contribution in [0.5, 0.6) is 5.75 Å². The fourth-order valence-corrected chi connectivity index (χ4v) is 5.25. The molecule has 0 spiro atoms. The van der Waals surface area contributed by atoms with Crippen LogP contribution in [0, 0.1) is 0 Å². The number of phenols is 1. The first kappa shape index (κ1) is 25.3. The van der Waals surface area contributed by atoms with E-state index in [1.54, 1.807) is 24.3 Å². The molecule has 0 amide bonds. The number of phenolic OH excluding ortho intramolecular Hbond substituents is 1. The normalized spacial score (nSPS) is 13.7. The number of rotatable bonds is 6. The fraction of sp³-hybridized carbons (Fsp3) is 0.114. The first-order valence-corrected chi connectivity index (χ1v) is 13.3. The maximum atomic E-state index is 13.6. The average Bonchev–Trinajstić information content (AvgIpc) is 3.00. The number of para-hydroxylation sites is 1. The van der Waals surface area contributed by atoms with Crippen molar-refractivity contribution in [2.24, 2.45) is 0 Å². The van der Waals surface area contributed by atoms with Gasteiger partial charge in [-0.1, -0.05) is 84.9 Å². The molecule has 196 valence electrons. The smallest absolute Gasteiger partial charge is 0.339 e. The van der Waals surface area contributed by atoms with Crippen molar-refractivity contribution in [3.05, 3.63) is 131 Å². The molecule has 0 bridgehead atoms. The number of carbonyl (C=O) groups excluding carboxylic acids is 2. The minimum Gasteiger partial charge on any atom is -0.508 e.